The number of hydrogen-bond acceptors (Lipinski definition) is 3. The molecule has 0 aliphatic carbocycles. The number of alkyl halides is 3. The molecule has 0 fully saturated rings. The number of benzene rings is 1. The number of halogens is 3. The van der Waals surface area contributed by atoms with E-state index in [9.17, 15) is 18.3 Å². The van der Waals surface area contributed by atoms with Crippen LogP contribution in [0.25, 0.3) is 0 Å². The minimum Gasteiger partial charge on any atom is -0.378 e. The van der Waals surface area contributed by atoms with Gasteiger partial charge >= 0.3 is 6.18 Å². The van der Waals surface area contributed by atoms with Gasteiger partial charge in [0, 0.05) is 26.3 Å². The van der Waals surface area contributed by atoms with Crippen LogP contribution in [0.5, 0.6) is 0 Å². The fraction of sp³-hybridized carbons (Fsp3) is 0.455. The highest BCUT2D eigenvalue weighted by atomic mass is 19.4. The van der Waals surface area contributed by atoms with Crippen molar-refractivity contribution in [2.24, 2.45) is 5.73 Å². The van der Waals surface area contributed by atoms with Crippen molar-refractivity contribution in [1.82, 2.24) is 0 Å². The largest absolute Gasteiger partial charge is 0.422 e. The van der Waals surface area contributed by atoms with Gasteiger partial charge in [0.2, 0.25) is 0 Å². The second-order valence-electron chi connectivity index (χ2n) is 4.00. The zero-order valence-electron chi connectivity index (χ0n) is 9.62. The van der Waals surface area contributed by atoms with E-state index in [2.05, 4.69) is 0 Å². The summed E-state index contributed by atoms with van der Waals surface area (Å²) in [5, 5.41) is 9.59. The second-order valence-corrected chi connectivity index (χ2v) is 4.00. The van der Waals surface area contributed by atoms with Crippen LogP contribution in [0.3, 0.4) is 0 Å². The molecule has 1 atom stereocenters. The Morgan fingerprint density at radius 2 is 1.65 bits per heavy atom. The van der Waals surface area contributed by atoms with Crippen LogP contribution in [0.4, 0.5) is 18.9 Å². The third-order valence-corrected chi connectivity index (χ3v) is 2.63. The Bertz CT molecular complexity index is 375. The van der Waals surface area contributed by atoms with Crippen molar-refractivity contribution in [2.45, 2.75) is 11.8 Å². The van der Waals surface area contributed by atoms with E-state index in [1.807, 2.05) is 0 Å². The summed E-state index contributed by atoms with van der Waals surface area (Å²) in [4.78, 5) is 1.75. The van der Waals surface area contributed by atoms with Gasteiger partial charge in [-0.15, -0.1) is 0 Å². The molecule has 1 rings (SSSR count). The molecule has 96 valence electrons. The van der Waals surface area contributed by atoms with Gasteiger partial charge in [-0.3, -0.25) is 0 Å². The molecule has 0 aromatic heterocycles. The first-order valence-electron chi connectivity index (χ1n) is 4.99. The van der Waals surface area contributed by atoms with E-state index >= 15 is 0 Å². The van der Waals surface area contributed by atoms with Crippen LogP contribution in [0.2, 0.25) is 0 Å². The van der Waals surface area contributed by atoms with Gasteiger partial charge in [-0.25, -0.2) is 0 Å². The first-order valence-corrected chi connectivity index (χ1v) is 4.99. The molecule has 6 heteroatoms. The van der Waals surface area contributed by atoms with Crippen molar-refractivity contribution >= 4 is 5.69 Å². The van der Waals surface area contributed by atoms with Gasteiger partial charge in [-0.05, 0) is 17.7 Å². The van der Waals surface area contributed by atoms with Gasteiger partial charge < -0.3 is 15.7 Å². The van der Waals surface area contributed by atoms with Gasteiger partial charge in [0.1, 0.15) is 0 Å². The number of rotatable bonds is 3. The lowest BCUT2D eigenvalue weighted by molar-refractivity contribution is -0.262. The van der Waals surface area contributed by atoms with Gasteiger partial charge in [0.15, 0.2) is 5.60 Å². The van der Waals surface area contributed by atoms with Crippen molar-refractivity contribution in [1.29, 1.82) is 0 Å². The predicted octanol–water partition coefficient (Wildman–Crippen LogP) is 1.46. The molecule has 0 aliphatic heterocycles. The lowest BCUT2D eigenvalue weighted by Crippen LogP contribution is -2.48. The molecule has 0 amide bonds. The lowest BCUT2D eigenvalue weighted by Gasteiger charge is -2.29. The van der Waals surface area contributed by atoms with E-state index in [1.54, 1.807) is 19.0 Å². The molecule has 0 saturated carbocycles. The molecule has 0 spiro atoms. The summed E-state index contributed by atoms with van der Waals surface area (Å²) >= 11 is 0. The Hall–Kier alpha value is -1.27. The maximum Gasteiger partial charge on any atom is 0.422 e. The van der Waals surface area contributed by atoms with E-state index < -0.39 is 18.3 Å². The summed E-state index contributed by atoms with van der Waals surface area (Å²) in [5.41, 5.74) is 2.55. The lowest BCUT2D eigenvalue weighted by atomic mass is 9.93. The monoisotopic (exact) mass is 248 g/mol. The summed E-state index contributed by atoms with van der Waals surface area (Å²) in [6, 6.07) is 5.47. The predicted molar refractivity (Wildman–Crippen MR) is 59.8 cm³/mol. The first kappa shape index (κ1) is 13.8. The number of nitrogens with zero attached hydrogens (tertiary/aromatic N) is 1. The Kier molecular flexibility index (Phi) is 3.68. The summed E-state index contributed by atoms with van der Waals surface area (Å²) in [6.07, 6.45) is -4.79. The van der Waals surface area contributed by atoms with Gasteiger partial charge in [-0.1, -0.05) is 12.1 Å². The van der Waals surface area contributed by atoms with Gasteiger partial charge in [0.25, 0.3) is 0 Å². The molecule has 0 bridgehead atoms. The van der Waals surface area contributed by atoms with Crippen LogP contribution < -0.4 is 10.6 Å². The number of anilines is 1. The fourth-order valence-electron chi connectivity index (χ4n) is 1.43. The Balaban J connectivity index is 3.14. The van der Waals surface area contributed by atoms with E-state index in [4.69, 9.17) is 5.73 Å². The van der Waals surface area contributed by atoms with Gasteiger partial charge in [0.05, 0.1) is 0 Å². The van der Waals surface area contributed by atoms with Crippen LogP contribution in [0.1, 0.15) is 5.56 Å². The normalized spacial score (nSPS) is 15.5. The third-order valence-electron chi connectivity index (χ3n) is 2.63. The van der Waals surface area contributed by atoms with E-state index in [0.29, 0.717) is 0 Å². The van der Waals surface area contributed by atoms with E-state index in [-0.39, 0.29) is 5.56 Å². The molecule has 1 aromatic rings. The molecule has 0 aliphatic rings. The quantitative estimate of drug-likeness (QED) is 0.851. The zero-order valence-corrected chi connectivity index (χ0v) is 9.62. The topological polar surface area (TPSA) is 49.5 Å². The average Bonchev–Trinajstić information content (AvgIpc) is 2.26. The summed E-state index contributed by atoms with van der Waals surface area (Å²) < 4.78 is 38.1. The summed E-state index contributed by atoms with van der Waals surface area (Å²) in [5.74, 6) is 0. The van der Waals surface area contributed by atoms with Crippen molar-refractivity contribution in [2.75, 3.05) is 25.5 Å². The van der Waals surface area contributed by atoms with Crippen LogP contribution in [0, 0.1) is 0 Å². The fourth-order valence-corrected chi connectivity index (χ4v) is 1.43. The van der Waals surface area contributed by atoms with Crippen LogP contribution in [-0.2, 0) is 5.60 Å². The minimum absolute atomic E-state index is 0.252. The van der Waals surface area contributed by atoms with E-state index in [0.717, 1.165) is 5.69 Å². The summed E-state index contributed by atoms with van der Waals surface area (Å²) in [6.45, 7) is -0.905. The summed E-state index contributed by atoms with van der Waals surface area (Å²) in [7, 11) is 3.54. The van der Waals surface area contributed by atoms with Crippen LogP contribution >= 0.6 is 0 Å². The Morgan fingerprint density at radius 1 is 1.18 bits per heavy atom. The van der Waals surface area contributed by atoms with Crippen molar-refractivity contribution in [3.05, 3.63) is 29.8 Å². The molecular weight excluding hydrogens is 233 g/mol. The molecule has 3 nitrogen and oxygen atoms in total. The highest BCUT2D eigenvalue weighted by molar-refractivity contribution is 5.47. The molecule has 0 heterocycles. The van der Waals surface area contributed by atoms with E-state index in [1.165, 1.54) is 24.3 Å². The maximum atomic E-state index is 12.7. The van der Waals surface area contributed by atoms with Crippen molar-refractivity contribution in [3.8, 4) is 0 Å². The zero-order chi connectivity index (χ0) is 13.3. The molecule has 3 N–H and O–H groups in total. The SMILES string of the molecule is CN(C)c1ccc(C(O)(CN)C(F)(F)F)cc1. The van der Waals surface area contributed by atoms with Crippen molar-refractivity contribution < 1.29 is 18.3 Å². The molecule has 0 saturated heterocycles. The average molecular weight is 248 g/mol. The highest BCUT2D eigenvalue weighted by Crippen LogP contribution is 2.38. The Labute approximate surface area is 97.6 Å². The molecule has 17 heavy (non-hydrogen) atoms. The first-order chi connectivity index (χ1) is 7.72. The number of hydrogen-bond donors (Lipinski definition) is 2. The smallest absolute Gasteiger partial charge is 0.378 e. The Morgan fingerprint density at radius 3 is 1.94 bits per heavy atom. The maximum absolute atomic E-state index is 12.7. The molecule has 1 aromatic carbocycles. The van der Waals surface area contributed by atoms with Gasteiger partial charge in [-0.2, -0.15) is 13.2 Å². The standard InChI is InChI=1S/C11H15F3N2O/c1-16(2)9-5-3-8(4-6-9)10(17,7-15)11(12,13)14/h3-6,17H,7,15H2,1-2H3. The van der Waals surface area contributed by atoms with Crippen LogP contribution in [0.15, 0.2) is 24.3 Å². The van der Waals surface area contributed by atoms with Crippen molar-refractivity contribution in [3.63, 3.8) is 0 Å². The number of aliphatic hydroxyl groups is 1. The van der Waals surface area contributed by atoms with Crippen LogP contribution in [-0.4, -0.2) is 31.9 Å². The second kappa shape index (κ2) is 4.54. The molecular formula is C11H15F3N2O. The minimum atomic E-state index is -4.79. The highest BCUT2D eigenvalue weighted by Gasteiger charge is 2.53. The molecule has 0 radical (unpaired) electrons. The number of nitrogens with two attached hydrogens (primary N) is 1. The third kappa shape index (κ3) is 2.53. The molecule has 1 unspecified atom stereocenters.